The van der Waals surface area contributed by atoms with Gasteiger partial charge in [-0.3, -0.25) is 0 Å². The van der Waals surface area contributed by atoms with Crippen LogP contribution in [0.15, 0.2) is 36.4 Å². The first-order valence-electron chi connectivity index (χ1n) is 5.57. The summed E-state index contributed by atoms with van der Waals surface area (Å²) in [6, 6.07) is 8.33. The lowest BCUT2D eigenvalue weighted by Crippen LogP contribution is -1.95. The van der Waals surface area contributed by atoms with Gasteiger partial charge in [0, 0.05) is 35.6 Å². The molecule has 0 spiro atoms. The van der Waals surface area contributed by atoms with Gasteiger partial charge in [-0.25, -0.2) is 8.78 Å². The van der Waals surface area contributed by atoms with Gasteiger partial charge in [0.05, 0.1) is 14.2 Å². The zero-order valence-corrected chi connectivity index (χ0v) is 10.5. The molecule has 5 heteroatoms. The van der Waals surface area contributed by atoms with Crippen LogP contribution < -0.4 is 14.8 Å². The van der Waals surface area contributed by atoms with E-state index in [2.05, 4.69) is 5.32 Å². The van der Waals surface area contributed by atoms with E-state index in [0.717, 1.165) is 6.07 Å². The molecular formula is C14H13F2NO2. The van der Waals surface area contributed by atoms with Crippen molar-refractivity contribution < 1.29 is 18.3 Å². The summed E-state index contributed by atoms with van der Waals surface area (Å²) in [6.45, 7) is 0. The van der Waals surface area contributed by atoms with Crippen LogP contribution in [0.4, 0.5) is 20.2 Å². The van der Waals surface area contributed by atoms with E-state index in [-0.39, 0.29) is 0 Å². The third-order valence-electron chi connectivity index (χ3n) is 2.50. The van der Waals surface area contributed by atoms with Gasteiger partial charge in [-0.15, -0.1) is 0 Å². The molecule has 0 aromatic heterocycles. The largest absolute Gasteiger partial charge is 0.497 e. The summed E-state index contributed by atoms with van der Waals surface area (Å²) in [5, 5.41) is 2.90. The molecule has 3 nitrogen and oxygen atoms in total. The van der Waals surface area contributed by atoms with Gasteiger partial charge in [0.1, 0.15) is 23.1 Å². The lowest BCUT2D eigenvalue weighted by molar-refractivity contribution is 0.395. The Hall–Kier alpha value is -2.30. The Bertz CT molecular complexity index is 545. The molecule has 1 N–H and O–H groups in total. The number of ether oxygens (including phenoxy) is 2. The van der Waals surface area contributed by atoms with E-state index >= 15 is 0 Å². The number of hydrogen-bond donors (Lipinski definition) is 1. The predicted octanol–water partition coefficient (Wildman–Crippen LogP) is 3.73. The molecule has 0 radical (unpaired) electrons. The number of anilines is 2. The smallest absolute Gasteiger partial charge is 0.128 e. The van der Waals surface area contributed by atoms with E-state index in [9.17, 15) is 8.78 Å². The molecule has 2 aromatic rings. The van der Waals surface area contributed by atoms with Crippen molar-refractivity contribution in [3.63, 3.8) is 0 Å². The number of hydrogen-bond acceptors (Lipinski definition) is 3. The van der Waals surface area contributed by atoms with Crippen LogP contribution in [-0.4, -0.2) is 14.2 Å². The number of methoxy groups -OCH3 is 2. The molecule has 0 bridgehead atoms. The molecule has 19 heavy (non-hydrogen) atoms. The van der Waals surface area contributed by atoms with E-state index < -0.39 is 11.6 Å². The van der Waals surface area contributed by atoms with Crippen LogP contribution in [0.1, 0.15) is 0 Å². The van der Waals surface area contributed by atoms with Crippen LogP contribution in [0.25, 0.3) is 0 Å². The van der Waals surface area contributed by atoms with Crippen molar-refractivity contribution in [2.24, 2.45) is 0 Å². The molecule has 0 aliphatic carbocycles. The molecule has 0 amide bonds. The first-order chi connectivity index (χ1) is 9.10. The topological polar surface area (TPSA) is 30.5 Å². The zero-order chi connectivity index (χ0) is 13.8. The molecule has 100 valence electrons. The fraction of sp³-hybridized carbons (Fsp3) is 0.143. The van der Waals surface area contributed by atoms with Crippen LogP contribution in [0.2, 0.25) is 0 Å². The molecule has 0 atom stereocenters. The molecule has 0 saturated heterocycles. The van der Waals surface area contributed by atoms with Crippen molar-refractivity contribution in [1.29, 1.82) is 0 Å². The minimum Gasteiger partial charge on any atom is -0.497 e. The van der Waals surface area contributed by atoms with Crippen LogP contribution >= 0.6 is 0 Å². The van der Waals surface area contributed by atoms with Gasteiger partial charge in [-0.1, -0.05) is 0 Å². The van der Waals surface area contributed by atoms with Gasteiger partial charge in [0.2, 0.25) is 0 Å². The Morgan fingerprint density at radius 3 is 1.68 bits per heavy atom. The quantitative estimate of drug-likeness (QED) is 0.913. The molecule has 0 aliphatic heterocycles. The minimum atomic E-state index is -0.641. The second kappa shape index (κ2) is 5.56. The predicted molar refractivity (Wildman–Crippen MR) is 69.2 cm³/mol. The number of halogens is 2. The summed E-state index contributed by atoms with van der Waals surface area (Å²) in [4.78, 5) is 0. The summed E-state index contributed by atoms with van der Waals surface area (Å²) >= 11 is 0. The molecule has 0 unspecified atom stereocenters. The summed E-state index contributed by atoms with van der Waals surface area (Å²) in [7, 11) is 3.06. The van der Waals surface area contributed by atoms with Crippen molar-refractivity contribution in [3.8, 4) is 11.5 Å². The molecular weight excluding hydrogens is 252 g/mol. The monoisotopic (exact) mass is 265 g/mol. The SMILES string of the molecule is COc1cc(Nc2cc(F)cc(F)c2)cc(OC)c1. The van der Waals surface area contributed by atoms with Crippen molar-refractivity contribution in [3.05, 3.63) is 48.0 Å². The van der Waals surface area contributed by atoms with Crippen molar-refractivity contribution in [2.75, 3.05) is 19.5 Å². The fourth-order valence-electron chi connectivity index (χ4n) is 1.67. The van der Waals surface area contributed by atoms with Crippen molar-refractivity contribution in [2.45, 2.75) is 0 Å². The maximum atomic E-state index is 13.1. The van der Waals surface area contributed by atoms with Gasteiger partial charge in [-0.05, 0) is 12.1 Å². The third kappa shape index (κ3) is 3.34. The van der Waals surface area contributed by atoms with E-state index in [4.69, 9.17) is 9.47 Å². The van der Waals surface area contributed by atoms with Gasteiger partial charge >= 0.3 is 0 Å². The molecule has 2 aromatic carbocycles. The standard InChI is InChI=1S/C14H13F2NO2/c1-18-13-6-12(7-14(8-13)19-2)17-11-4-9(15)3-10(16)5-11/h3-8,17H,1-2H3. The average Bonchev–Trinajstić information content (AvgIpc) is 2.37. The van der Waals surface area contributed by atoms with Crippen molar-refractivity contribution in [1.82, 2.24) is 0 Å². The zero-order valence-electron chi connectivity index (χ0n) is 10.5. The average molecular weight is 265 g/mol. The summed E-state index contributed by atoms with van der Waals surface area (Å²) in [6.07, 6.45) is 0. The van der Waals surface area contributed by atoms with Gasteiger partial charge < -0.3 is 14.8 Å². The maximum absolute atomic E-state index is 13.1. The second-order valence-corrected chi connectivity index (χ2v) is 3.88. The van der Waals surface area contributed by atoms with Crippen molar-refractivity contribution >= 4 is 11.4 Å². The Morgan fingerprint density at radius 1 is 0.737 bits per heavy atom. The highest BCUT2D eigenvalue weighted by molar-refractivity contribution is 5.63. The number of rotatable bonds is 4. The first-order valence-corrected chi connectivity index (χ1v) is 5.57. The Morgan fingerprint density at radius 2 is 1.21 bits per heavy atom. The van der Waals surface area contributed by atoms with E-state index in [1.807, 2.05) is 0 Å². The Kier molecular flexibility index (Phi) is 3.85. The third-order valence-corrected chi connectivity index (χ3v) is 2.50. The van der Waals surface area contributed by atoms with Gasteiger partial charge in [0.25, 0.3) is 0 Å². The van der Waals surface area contributed by atoms with E-state index in [1.54, 1.807) is 18.2 Å². The van der Waals surface area contributed by atoms with Crippen LogP contribution in [-0.2, 0) is 0 Å². The molecule has 0 aliphatic rings. The lowest BCUT2D eigenvalue weighted by atomic mass is 10.2. The summed E-state index contributed by atoms with van der Waals surface area (Å²) < 4.78 is 36.4. The molecule has 0 fully saturated rings. The molecule has 2 rings (SSSR count). The number of nitrogens with one attached hydrogen (secondary N) is 1. The normalized spacial score (nSPS) is 10.1. The van der Waals surface area contributed by atoms with Crippen LogP contribution in [0.3, 0.4) is 0 Å². The number of benzene rings is 2. The summed E-state index contributed by atoms with van der Waals surface area (Å²) in [5.41, 5.74) is 0.925. The molecule has 0 heterocycles. The minimum absolute atomic E-state index is 0.313. The van der Waals surface area contributed by atoms with Crippen LogP contribution in [0, 0.1) is 11.6 Å². The lowest BCUT2D eigenvalue weighted by Gasteiger charge is -2.11. The molecule has 0 saturated carbocycles. The van der Waals surface area contributed by atoms with E-state index in [1.165, 1.54) is 26.4 Å². The first kappa shape index (κ1) is 13.1. The van der Waals surface area contributed by atoms with Gasteiger partial charge in [-0.2, -0.15) is 0 Å². The Balaban J connectivity index is 2.31. The summed E-state index contributed by atoms with van der Waals surface area (Å²) in [5.74, 6) is -0.118. The second-order valence-electron chi connectivity index (χ2n) is 3.88. The maximum Gasteiger partial charge on any atom is 0.128 e. The highest BCUT2D eigenvalue weighted by Crippen LogP contribution is 2.28. The van der Waals surface area contributed by atoms with Crippen LogP contribution in [0.5, 0.6) is 11.5 Å². The van der Waals surface area contributed by atoms with Gasteiger partial charge in [0.15, 0.2) is 0 Å². The Labute approximate surface area is 109 Å². The highest BCUT2D eigenvalue weighted by atomic mass is 19.1. The van der Waals surface area contributed by atoms with E-state index in [0.29, 0.717) is 22.9 Å². The highest BCUT2D eigenvalue weighted by Gasteiger charge is 2.04. The fourth-order valence-corrected chi connectivity index (χ4v) is 1.67.